The minimum atomic E-state index is -4.47. The number of ether oxygens (including phenoxy) is 1. The summed E-state index contributed by atoms with van der Waals surface area (Å²) in [6.07, 6.45) is 6.05. The Bertz CT molecular complexity index is 2430. The number of nitrogens with one attached hydrogen (secondary N) is 6. The summed E-state index contributed by atoms with van der Waals surface area (Å²) < 4.78 is 35.2. The molecule has 1 fully saturated rings. The number of anilines is 1. The molecule has 0 aromatic heterocycles. The Morgan fingerprint density at radius 1 is 0.896 bits per heavy atom. The second kappa shape index (κ2) is 28.1. The molecule has 3 rings (SSSR count). The summed E-state index contributed by atoms with van der Waals surface area (Å²) in [5, 5.41) is 23.7. The number of nitrogens with two attached hydrogens (primary N) is 1. The number of hydrogen-bond donors (Lipinski definition) is 8. The molecule has 0 saturated carbocycles. The summed E-state index contributed by atoms with van der Waals surface area (Å²) in [7, 11) is -0.987. The second-order valence-corrected chi connectivity index (χ2v) is 25.5. The number of urea groups is 1. The zero-order valence-corrected chi connectivity index (χ0v) is 48.5. The zero-order chi connectivity index (χ0) is 58.4. The number of likely N-dealkylation sites (N-methyl/N-ethyl adjacent to an activating group) is 2. The van der Waals surface area contributed by atoms with Crippen LogP contribution in [-0.4, -0.2) is 159 Å². The average Bonchev–Trinajstić information content (AvgIpc) is 3.62. The number of hydrogen-bond acceptors (Lipinski definition) is 13. The number of benzene rings is 1. The number of carbonyl (C=O) groups is 8. The molecule has 2 aliphatic heterocycles. The monoisotopic (exact) mass is 1100 g/mol. The molecule has 77 heavy (non-hydrogen) atoms. The SMILES string of the molecule is CC(=CC(C(C)C)N(C)C(=O)C(NC(=O)C1CCCCN1C)C(C)(C)C)C(=O)NS(=O)(=O)c1ccc(NC(=O)C(CCCNC(N)=O)NC(=O)C(NC(=O)CC(C)(C)COCC(C)(C)CN2C(=O)C=CC2O)C(C)C)cc1. The number of piperidine rings is 1. The van der Waals surface area contributed by atoms with Crippen molar-refractivity contribution < 1.29 is 56.6 Å². The summed E-state index contributed by atoms with van der Waals surface area (Å²) in [4.78, 5) is 110. The molecule has 2 aliphatic rings. The van der Waals surface area contributed by atoms with Crippen molar-refractivity contribution in [3.05, 3.63) is 48.1 Å². The first kappa shape index (κ1) is 65.4. The van der Waals surface area contributed by atoms with Crippen LogP contribution < -0.4 is 37.0 Å². The van der Waals surface area contributed by atoms with E-state index in [1.54, 1.807) is 20.9 Å². The molecule has 0 spiro atoms. The predicted molar refractivity (Wildman–Crippen MR) is 293 cm³/mol. The van der Waals surface area contributed by atoms with Crippen LogP contribution in [0.4, 0.5) is 10.5 Å². The highest BCUT2D eigenvalue weighted by Gasteiger charge is 2.40. The van der Waals surface area contributed by atoms with Crippen LogP contribution in [0.15, 0.2) is 53.0 Å². The van der Waals surface area contributed by atoms with E-state index >= 15 is 0 Å². The molecule has 6 atom stereocenters. The molecule has 23 heteroatoms. The van der Waals surface area contributed by atoms with E-state index < -0.39 is 92.2 Å². The molecule has 0 aliphatic carbocycles. The van der Waals surface area contributed by atoms with Gasteiger partial charge in [0, 0.05) is 49.3 Å². The van der Waals surface area contributed by atoms with Crippen LogP contribution in [-0.2, 0) is 48.3 Å². The Balaban J connectivity index is 1.69. The Morgan fingerprint density at radius 3 is 2.06 bits per heavy atom. The molecule has 2 heterocycles. The van der Waals surface area contributed by atoms with Gasteiger partial charge in [-0.3, -0.25) is 38.5 Å². The quantitative estimate of drug-likeness (QED) is 0.0465. The minimum Gasteiger partial charge on any atom is -0.380 e. The summed E-state index contributed by atoms with van der Waals surface area (Å²) in [6, 6.07) is 0.0211. The molecular weight excluding hydrogens is 1010 g/mol. The number of aliphatic hydroxyl groups is 1. The maximum Gasteiger partial charge on any atom is 0.312 e. The van der Waals surface area contributed by atoms with Gasteiger partial charge in [0.1, 0.15) is 24.4 Å². The van der Waals surface area contributed by atoms with Crippen molar-refractivity contribution in [3.63, 3.8) is 0 Å². The fourth-order valence-electron chi connectivity index (χ4n) is 9.01. The lowest BCUT2D eigenvalue weighted by Crippen LogP contribution is -2.59. The average molecular weight is 1100 g/mol. The van der Waals surface area contributed by atoms with E-state index in [2.05, 4.69) is 31.3 Å². The van der Waals surface area contributed by atoms with Gasteiger partial charge in [-0.15, -0.1) is 0 Å². The lowest BCUT2D eigenvalue weighted by molar-refractivity contribution is -0.141. The van der Waals surface area contributed by atoms with Gasteiger partial charge in [-0.1, -0.05) is 88.7 Å². The van der Waals surface area contributed by atoms with Crippen LogP contribution in [0, 0.1) is 28.1 Å². The Hall–Kier alpha value is -5.91. The van der Waals surface area contributed by atoms with E-state index in [1.807, 2.05) is 74.3 Å². The summed E-state index contributed by atoms with van der Waals surface area (Å²) in [5.41, 5.74) is 3.53. The van der Waals surface area contributed by atoms with E-state index in [-0.39, 0.29) is 91.4 Å². The lowest BCUT2D eigenvalue weighted by Gasteiger charge is -2.39. The second-order valence-electron chi connectivity index (χ2n) is 23.8. The van der Waals surface area contributed by atoms with Gasteiger partial charge in [-0.05, 0) is 99.2 Å². The van der Waals surface area contributed by atoms with E-state index in [1.165, 1.54) is 59.2 Å². The van der Waals surface area contributed by atoms with Gasteiger partial charge >= 0.3 is 6.03 Å². The van der Waals surface area contributed by atoms with Gasteiger partial charge in [0.15, 0.2) is 0 Å². The van der Waals surface area contributed by atoms with E-state index in [0.717, 1.165) is 19.4 Å². The number of amides is 9. The Morgan fingerprint density at radius 2 is 1.52 bits per heavy atom. The topological polar surface area (TPSA) is 308 Å². The van der Waals surface area contributed by atoms with Gasteiger partial charge in [-0.2, -0.15) is 0 Å². The normalized spacial score (nSPS) is 18.3. The van der Waals surface area contributed by atoms with Crippen LogP contribution >= 0.6 is 0 Å². The standard InChI is InChI=1S/C54H88N10O12S/c1-33(2)40(63(14)50(72)45(52(6,7)8)60-48(70)39-19-15-16-27-62(39)13)28-35(5)46(68)61-77(74,75)37-22-20-36(21-23-37)57-47(69)38(18-17-26-56-51(55)73)58-49(71)44(34(3)4)59-41(65)29-53(9,10)31-76-32-54(11,12)30-64-42(66)24-25-43(64)67/h20-25,28,33-34,38-40,42,44-45,66H,15-19,26-27,29-32H2,1-14H3,(H,57,69)(H,58,71)(H,59,65)(H,60,70)(H,61,68)(H3,55,56,73). The fourth-order valence-corrected chi connectivity index (χ4v) is 10.0. The number of nitrogens with zero attached hydrogens (tertiary/aromatic N) is 3. The molecule has 432 valence electrons. The Kier molecular flexibility index (Phi) is 23.9. The first-order valence-electron chi connectivity index (χ1n) is 26.4. The molecular formula is C54H88N10O12S. The van der Waals surface area contributed by atoms with Crippen LogP contribution in [0.5, 0.6) is 0 Å². The van der Waals surface area contributed by atoms with Gasteiger partial charge in [0.25, 0.3) is 15.9 Å². The molecule has 1 saturated heterocycles. The van der Waals surface area contributed by atoms with Crippen molar-refractivity contribution in [1.82, 2.24) is 40.7 Å². The Labute approximate surface area is 455 Å². The molecule has 9 amide bonds. The van der Waals surface area contributed by atoms with E-state index in [9.17, 15) is 51.9 Å². The molecule has 22 nitrogen and oxygen atoms in total. The van der Waals surface area contributed by atoms with Crippen LogP contribution in [0.25, 0.3) is 0 Å². The summed E-state index contributed by atoms with van der Waals surface area (Å²) in [6.45, 7) is 23.2. The highest BCUT2D eigenvalue weighted by atomic mass is 32.2. The number of rotatable bonds is 27. The number of sulfonamides is 1. The number of primary amides is 1. The maximum atomic E-state index is 14.2. The largest absolute Gasteiger partial charge is 0.380 e. The van der Waals surface area contributed by atoms with Crippen molar-refractivity contribution in [2.45, 2.75) is 163 Å². The number of likely N-dealkylation sites (tertiary alicyclic amines) is 1. The van der Waals surface area contributed by atoms with Crippen LogP contribution in [0.2, 0.25) is 0 Å². The highest BCUT2D eigenvalue weighted by molar-refractivity contribution is 7.90. The fraction of sp³-hybridized carbons (Fsp3) is 0.667. The van der Waals surface area contributed by atoms with Gasteiger partial charge in [0.2, 0.25) is 35.4 Å². The number of aliphatic hydroxyl groups excluding tert-OH is 1. The third kappa shape index (κ3) is 20.4. The number of carbonyl (C=O) groups excluding carboxylic acids is 8. The van der Waals surface area contributed by atoms with Crippen LogP contribution in [0.3, 0.4) is 0 Å². The molecule has 1 aromatic rings. The van der Waals surface area contributed by atoms with Crippen molar-refractivity contribution >= 4 is 63.1 Å². The molecule has 6 unspecified atom stereocenters. The van der Waals surface area contributed by atoms with Crippen molar-refractivity contribution in [2.24, 2.45) is 33.8 Å². The van der Waals surface area contributed by atoms with Crippen molar-refractivity contribution in [1.29, 1.82) is 0 Å². The van der Waals surface area contributed by atoms with Gasteiger partial charge < -0.3 is 52.0 Å². The van der Waals surface area contributed by atoms with Crippen molar-refractivity contribution in [3.8, 4) is 0 Å². The summed E-state index contributed by atoms with van der Waals surface area (Å²) >= 11 is 0. The van der Waals surface area contributed by atoms with E-state index in [4.69, 9.17) is 10.5 Å². The highest BCUT2D eigenvalue weighted by Crippen LogP contribution is 2.28. The summed E-state index contributed by atoms with van der Waals surface area (Å²) in [5.74, 6) is -4.24. The van der Waals surface area contributed by atoms with Crippen LogP contribution in [0.1, 0.15) is 122 Å². The maximum absolute atomic E-state index is 14.2. The first-order valence-corrected chi connectivity index (χ1v) is 27.9. The van der Waals surface area contributed by atoms with Crippen molar-refractivity contribution in [2.75, 3.05) is 52.3 Å². The third-order valence-electron chi connectivity index (χ3n) is 13.5. The third-order valence-corrected chi connectivity index (χ3v) is 14.8. The minimum absolute atomic E-state index is 0.0221. The lowest BCUT2D eigenvalue weighted by atomic mass is 9.84. The van der Waals surface area contributed by atoms with E-state index in [0.29, 0.717) is 6.42 Å². The van der Waals surface area contributed by atoms with Gasteiger partial charge in [0.05, 0.1) is 30.2 Å². The predicted octanol–water partition coefficient (Wildman–Crippen LogP) is 3.12. The smallest absolute Gasteiger partial charge is 0.312 e. The molecule has 9 N–H and O–H groups in total. The zero-order valence-electron chi connectivity index (χ0n) is 47.7. The molecule has 0 radical (unpaired) electrons. The first-order chi connectivity index (χ1) is 35.5. The molecule has 1 aromatic carbocycles. The molecule has 0 bridgehead atoms. The van der Waals surface area contributed by atoms with Gasteiger partial charge in [-0.25, -0.2) is 17.9 Å².